The number of aliphatic carboxylic acids is 1. The maximum atomic E-state index is 13.6. The second-order valence-electron chi connectivity index (χ2n) is 10.0. The molecule has 0 aliphatic heterocycles. The van der Waals surface area contributed by atoms with Crippen molar-refractivity contribution in [2.24, 2.45) is 0 Å². The number of carboxylic acid groups (broad SMARTS) is 1. The van der Waals surface area contributed by atoms with Crippen LogP contribution in [0.4, 0.5) is 0 Å². The zero-order valence-electron chi connectivity index (χ0n) is 23.2. The molecule has 3 aromatic heterocycles. The molecule has 43 heavy (non-hydrogen) atoms. The average Bonchev–Trinajstić information content (AvgIpc) is 3.68. The summed E-state index contributed by atoms with van der Waals surface area (Å²) in [5.41, 5.74) is 3.53. The van der Waals surface area contributed by atoms with Crippen molar-refractivity contribution in [3.8, 4) is 22.8 Å². The van der Waals surface area contributed by atoms with Crippen molar-refractivity contribution in [3.63, 3.8) is 0 Å². The minimum Gasteiger partial charge on any atom is -0.483 e. The van der Waals surface area contributed by atoms with E-state index in [9.17, 15) is 19.5 Å². The van der Waals surface area contributed by atoms with Crippen LogP contribution in [0.2, 0.25) is 0 Å². The van der Waals surface area contributed by atoms with Crippen molar-refractivity contribution < 1.29 is 28.4 Å². The number of para-hydroxylation sites is 2. The van der Waals surface area contributed by atoms with Gasteiger partial charge in [-0.2, -0.15) is 4.57 Å². The van der Waals surface area contributed by atoms with Gasteiger partial charge in [0.2, 0.25) is 5.43 Å². The molecular formula is C32H28N5O6+. The lowest BCUT2D eigenvalue weighted by Gasteiger charge is -2.16. The van der Waals surface area contributed by atoms with Crippen LogP contribution in [0.15, 0.2) is 94.7 Å². The smallest absolute Gasteiger partial charge is 0.326 e. The number of nitrogens with one attached hydrogen (secondary N) is 3. The molecule has 0 aliphatic carbocycles. The Morgan fingerprint density at radius 2 is 1.86 bits per heavy atom. The molecule has 0 saturated heterocycles. The number of hydrogen-bond acceptors (Lipinski definition) is 6. The monoisotopic (exact) mass is 578 g/mol. The Kier molecular flexibility index (Phi) is 7.44. The number of ether oxygens (including phenoxy) is 1. The van der Waals surface area contributed by atoms with Gasteiger partial charge in [-0.1, -0.05) is 43.3 Å². The fraction of sp³-hybridized carbons (Fsp3) is 0.156. The van der Waals surface area contributed by atoms with Crippen molar-refractivity contribution in [1.82, 2.24) is 20.5 Å². The van der Waals surface area contributed by atoms with Gasteiger partial charge in [0.05, 0.1) is 5.39 Å². The van der Waals surface area contributed by atoms with Gasteiger partial charge in [0.25, 0.3) is 18.1 Å². The number of aromatic amines is 2. The number of carbonyl (C=O) groups is 2. The molecule has 0 fully saturated rings. The lowest BCUT2D eigenvalue weighted by molar-refractivity contribution is -0.584. The van der Waals surface area contributed by atoms with E-state index in [1.165, 1.54) is 6.26 Å². The lowest BCUT2D eigenvalue weighted by Crippen LogP contribution is -2.44. The van der Waals surface area contributed by atoms with E-state index in [1.807, 2.05) is 61.5 Å². The summed E-state index contributed by atoms with van der Waals surface area (Å²) in [5, 5.41) is 20.6. The van der Waals surface area contributed by atoms with Crippen molar-refractivity contribution in [2.45, 2.75) is 25.8 Å². The topological polar surface area (TPSA) is 154 Å². The van der Waals surface area contributed by atoms with Crippen molar-refractivity contribution in [1.29, 1.82) is 0 Å². The molecule has 0 saturated carbocycles. The third kappa shape index (κ3) is 5.47. The number of carboxylic acids is 1. The maximum absolute atomic E-state index is 13.6. The number of benzene rings is 3. The van der Waals surface area contributed by atoms with Crippen molar-refractivity contribution in [3.05, 3.63) is 107 Å². The Bertz CT molecular complexity index is 2010. The minimum absolute atomic E-state index is 0.107. The summed E-state index contributed by atoms with van der Waals surface area (Å²) in [4.78, 5) is 41.4. The Labute approximate surface area is 244 Å². The van der Waals surface area contributed by atoms with E-state index >= 15 is 0 Å². The molecule has 1 amide bonds. The maximum Gasteiger partial charge on any atom is 0.326 e. The first kappa shape index (κ1) is 27.5. The van der Waals surface area contributed by atoms with E-state index in [0.717, 1.165) is 22.2 Å². The summed E-state index contributed by atoms with van der Waals surface area (Å²) in [5.74, 6) is -0.902. The molecule has 11 nitrogen and oxygen atoms in total. The normalized spacial score (nSPS) is 11.9. The summed E-state index contributed by atoms with van der Waals surface area (Å²) in [7, 11) is 0. The van der Waals surface area contributed by atoms with Crippen molar-refractivity contribution in [2.75, 3.05) is 6.61 Å². The molecule has 3 aromatic carbocycles. The van der Waals surface area contributed by atoms with Crippen LogP contribution in [0.1, 0.15) is 18.1 Å². The molecule has 4 N–H and O–H groups in total. The van der Waals surface area contributed by atoms with Crippen molar-refractivity contribution >= 4 is 33.7 Å². The SMILES string of the molecule is CCc1cc2c(=O)c(-c3[nH]nc[n+]3-c3ccccc3)coc2cc1OCC(=O)N[C@@H](Cc1c[nH]c2ccccc12)C(=O)O. The summed E-state index contributed by atoms with van der Waals surface area (Å²) < 4.78 is 13.4. The van der Waals surface area contributed by atoms with Crippen LogP contribution < -0.4 is 20.0 Å². The largest absolute Gasteiger partial charge is 0.483 e. The fourth-order valence-corrected chi connectivity index (χ4v) is 5.11. The zero-order chi connectivity index (χ0) is 29.9. The summed E-state index contributed by atoms with van der Waals surface area (Å²) in [6.45, 7) is 1.49. The first-order valence-corrected chi connectivity index (χ1v) is 13.7. The molecule has 0 aliphatic rings. The highest BCUT2D eigenvalue weighted by Gasteiger charge is 2.24. The van der Waals surface area contributed by atoms with Crippen LogP contribution >= 0.6 is 0 Å². The highest BCUT2D eigenvalue weighted by molar-refractivity contribution is 5.87. The van der Waals surface area contributed by atoms with Gasteiger partial charge in [-0.3, -0.25) is 9.59 Å². The van der Waals surface area contributed by atoms with E-state index in [4.69, 9.17) is 9.15 Å². The van der Waals surface area contributed by atoms with Gasteiger partial charge in [0, 0.05) is 34.7 Å². The number of carbonyl (C=O) groups excluding carboxylic acids is 1. The second kappa shape index (κ2) is 11.6. The quantitative estimate of drug-likeness (QED) is 0.181. The first-order chi connectivity index (χ1) is 20.9. The van der Waals surface area contributed by atoms with Gasteiger partial charge >= 0.3 is 5.97 Å². The number of hydrogen-bond donors (Lipinski definition) is 4. The molecule has 216 valence electrons. The highest BCUT2D eigenvalue weighted by atomic mass is 16.5. The van der Waals surface area contributed by atoms with Gasteiger partial charge in [-0.25, -0.2) is 4.79 Å². The van der Waals surface area contributed by atoms with E-state index < -0.39 is 24.5 Å². The van der Waals surface area contributed by atoms with Crippen LogP contribution in [0.3, 0.4) is 0 Å². The third-order valence-corrected chi connectivity index (χ3v) is 7.30. The molecule has 0 radical (unpaired) electrons. The molecule has 6 rings (SSSR count). The molecule has 3 heterocycles. The Balaban J connectivity index is 1.20. The third-order valence-electron chi connectivity index (χ3n) is 7.30. The Hall–Kier alpha value is -5.71. The molecule has 0 spiro atoms. The number of H-pyrrole nitrogens is 2. The average molecular weight is 579 g/mol. The van der Waals surface area contributed by atoms with E-state index in [2.05, 4.69) is 20.5 Å². The van der Waals surface area contributed by atoms with Crippen LogP contribution in [0.5, 0.6) is 5.75 Å². The van der Waals surface area contributed by atoms with Crippen LogP contribution in [-0.2, 0) is 22.4 Å². The molecule has 6 aromatic rings. The van der Waals surface area contributed by atoms with Gasteiger partial charge < -0.3 is 24.6 Å². The second-order valence-corrected chi connectivity index (χ2v) is 10.0. The minimum atomic E-state index is -1.15. The number of nitrogens with zero attached hydrogens (tertiary/aromatic N) is 2. The number of fused-ring (bicyclic) bond motifs is 2. The highest BCUT2D eigenvalue weighted by Crippen LogP contribution is 2.27. The number of aromatic nitrogens is 4. The molecule has 0 unspecified atom stereocenters. The number of amides is 1. The summed E-state index contributed by atoms with van der Waals surface area (Å²) in [6.07, 6.45) is 5.32. The predicted molar refractivity (Wildman–Crippen MR) is 158 cm³/mol. The van der Waals surface area contributed by atoms with Gasteiger partial charge in [0.1, 0.15) is 34.9 Å². The number of aryl methyl sites for hydroxylation is 1. The predicted octanol–water partition coefficient (Wildman–Crippen LogP) is 3.69. The zero-order valence-corrected chi connectivity index (χ0v) is 23.2. The summed E-state index contributed by atoms with van der Waals surface area (Å²) in [6, 6.07) is 19.2. The molecular weight excluding hydrogens is 550 g/mol. The van der Waals surface area contributed by atoms with E-state index in [0.29, 0.717) is 34.5 Å². The molecule has 1 atom stereocenters. The summed E-state index contributed by atoms with van der Waals surface area (Å²) >= 11 is 0. The van der Waals surface area contributed by atoms with Gasteiger partial charge in [-0.15, -0.1) is 5.10 Å². The molecule has 0 bridgehead atoms. The standard InChI is InChI=1S/C32H27N5O6/c1-2-19-12-23-28(42-16-24(30(23)39)31-36-34-18-37(31)21-8-4-3-5-9-21)14-27(19)43-17-29(38)35-26(32(40)41)13-20-15-33-25-11-7-6-10-22(20)25/h3-12,14-16,18,26,33H,2,13,17H2,1H3,(H2,35,38,40,41)/p+1/t26-/m0/s1. The van der Waals surface area contributed by atoms with Crippen LogP contribution in [0, 0.1) is 0 Å². The van der Waals surface area contributed by atoms with Crippen LogP contribution in [0.25, 0.3) is 38.9 Å². The Morgan fingerprint density at radius 3 is 2.65 bits per heavy atom. The van der Waals surface area contributed by atoms with Crippen LogP contribution in [-0.4, -0.2) is 44.8 Å². The lowest BCUT2D eigenvalue weighted by atomic mass is 10.0. The number of rotatable bonds is 10. The van der Waals surface area contributed by atoms with E-state index in [-0.39, 0.29) is 17.4 Å². The molecule has 11 heteroatoms. The Morgan fingerprint density at radius 1 is 1.07 bits per heavy atom. The van der Waals surface area contributed by atoms with E-state index in [1.54, 1.807) is 29.2 Å². The first-order valence-electron chi connectivity index (χ1n) is 13.7. The fourth-order valence-electron chi connectivity index (χ4n) is 5.11. The van der Waals surface area contributed by atoms with Gasteiger partial charge in [-0.05, 0) is 41.8 Å². The van der Waals surface area contributed by atoms with Gasteiger partial charge in [0.15, 0.2) is 6.61 Å².